The van der Waals surface area contributed by atoms with Crippen LogP contribution in [0.1, 0.15) is 41.3 Å². The highest BCUT2D eigenvalue weighted by Gasteiger charge is 2.25. The Balaban J connectivity index is 1.83. The van der Waals surface area contributed by atoms with Gasteiger partial charge >= 0.3 is 0 Å². The van der Waals surface area contributed by atoms with Crippen LogP contribution in [0.5, 0.6) is 0 Å². The summed E-state index contributed by atoms with van der Waals surface area (Å²) in [5.74, 6) is 0.990. The molecule has 3 aromatic rings. The van der Waals surface area contributed by atoms with E-state index in [2.05, 4.69) is 0 Å². The molecule has 3 rings (SSSR count). The van der Waals surface area contributed by atoms with Crippen molar-refractivity contribution in [2.24, 2.45) is 0 Å². The van der Waals surface area contributed by atoms with Gasteiger partial charge in [-0.2, -0.15) is 0 Å². The molecule has 0 spiro atoms. The minimum atomic E-state index is -0.300. The molecule has 0 aliphatic rings. The van der Waals surface area contributed by atoms with Crippen molar-refractivity contribution in [3.8, 4) is 0 Å². The molecule has 5 nitrogen and oxygen atoms in total. The van der Waals surface area contributed by atoms with Gasteiger partial charge in [0.05, 0.1) is 6.54 Å². The average molecular weight is 473 g/mol. The molecule has 0 atom stereocenters. The number of nitrogens with zero attached hydrogens (tertiary/aromatic N) is 2. The minimum Gasteiger partial charge on any atom is -0.464 e. The van der Waals surface area contributed by atoms with Gasteiger partial charge in [0.2, 0.25) is 5.91 Å². The van der Waals surface area contributed by atoms with E-state index in [4.69, 9.17) is 27.6 Å². The lowest BCUT2D eigenvalue weighted by atomic mass is 10.1. The fraction of sp³-hybridized carbons (Fsp3) is 0.280. The summed E-state index contributed by atoms with van der Waals surface area (Å²) in [6.45, 7) is 6.24. The molecule has 0 radical (unpaired) electrons. The summed E-state index contributed by atoms with van der Waals surface area (Å²) < 4.78 is 5.69. The topological polar surface area (TPSA) is 53.8 Å². The molecule has 0 saturated carbocycles. The third kappa shape index (κ3) is 6.38. The molecule has 0 unspecified atom stereocenters. The highest BCUT2D eigenvalue weighted by Crippen LogP contribution is 2.21. The predicted molar refractivity (Wildman–Crippen MR) is 127 cm³/mol. The third-order valence-electron chi connectivity index (χ3n) is 5.01. The summed E-state index contributed by atoms with van der Waals surface area (Å²) in [6.07, 6.45) is 0. The second-order valence-corrected chi connectivity index (χ2v) is 8.81. The normalized spacial score (nSPS) is 10.9. The van der Waals surface area contributed by atoms with Crippen LogP contribution in [0, 0.1) is 6.92 Å². The zero-order valence-electron chi connectivity index (χ0n) is 18.3. The molecular formula is C25H26Cl2N2O3. The molecule has 1 aromatic heterocycles. The number of hydrogen-bond acceptors (Lipinski definition) is 3. The molecule has 168 valence electrons. The lowest BCUT2D eigenvalue weighted by molar-refractivity contribution is -0.133. The van der Waals surface area contributed by atoms with E-state index in [1.54, 1.807) is 23.1 Å². The van der Waals surface area contributed by atoms with Crippen molar-refractivity contribution in [3.63, 3.8) is 0 Å². The molecular weight excluding hydrogens is 447 g/mol. The summed E-state index contributed by atoms with van der Waals surface area (Å²) >= 11 is 12.2. The van der Waals surface area contributed by atoms with E-state index in [0.29, 0.717) is 34.5 Å². The smallest absolute Gasteiger partial charge is 0.254 e. The molecule has 2 aromatic carbocycles. The van der Waals surface area contributed by atoms with Crippen LogP contribution in [0.25, 0.3) is 0 Å². The predicted octanol–water partition coefficient (Wildman–Crippen LogP) is 5.97. The third-order valence-corrected chi connectivity index (χ3v) is 5.45. The van der Waals surface area contributed by atoms with Crippen LogP contribution >= 0.6 is 23.2 Å². The first-order valence-electron chi connectivity index (χ1n) is 10.4. The van der Waals surface area contributed by atoms with Gasteiger partial charge < -0.3 is 14.2 Å². The summed E-state index contributed by atoms with van der Waals surface area (Å²) in [5, 5.41) is 0.740. The minimum absolute atomic E-state index is 0.0762. The number of carbonyl (C=O) groups is 2. The van der Waals surface area contributed by atoms with Gasteiger partial charge in [-0.3, -0.25) is 9.59 Å². The molecule has 7 heteroatoms. The number of hydrogen-bond donors (Lipinski definition) is 0. The molecule has 0 aliphatic heterocycles. The highest BCUT2D eigenvalue weighted by molar-refractivity contribution is 6.35. The fourth-order valence-electron chi connectivity index (χ4n) is 3.37. The van der Waals surface area contributed by atoms with E-state index >= 15 is 0 Å². The van der Waals surface area contributed by atoms with Crippen molar-refractivity contribution in [3.05, 3.63) is 93.4 Å². The molecule has 0 saturated heterocycles. The van der Waals surface area contributed by atoms with E-state index in [0.717, 1.165) is 11.3 Å². The van der Waals surface area contributed by atoms with Gasteiger partial charge in [-0.05, 0) is 56.7 Å². The first kappa shape index (κ1) is 23.9. The van der Waals surface area contributed by atoms with Crippen molar-refractivity contribution >= 4 is 35.0 Å². The lowest BCUT2D eigenvalue weighted by Crippen LogP contribution is -2.45. The van der Waals surface area contributed by atoms with E-state index in [1.165, 1.54) is 4.90 Å². The number of furan rings is 1. The maximum absolute atomic E-state index is 13.4. The highest BCUT2D eigenvalue weighted by atomic mass is 35.5. The molecule has 32 heavy (non-hydrogen) atoms. The molecule has 1 heterocycles. The Hall–Kier alpha value is -2.76. The SMILES string of the molecule is Cc1ccc(CN(Cc2ccccc2)C(=O)CN(C(=O)c2cc(Cl)cc(Cl)c2)C(C)C)o1. The monoisotopic (exact) mass is 472 g/mol. The molecule has 0 N–H and O–H groups in total. The van der Waals surface area contributed by atoms with E-state index in [9.17, 15) is 9.59 Å². The number of halogens is 2. The van der Waals surface area contributed by atoms with Crippen LogP contribution in [0.2, 0.25) is 10.0 Å². The lowest BCUT2D eigenvalue weighted by Gasteiger charge is -2.30. The summed E-state index contributed by atoms with van der Waals surface area (Å²) in [4.78, 5) is 29.8. The van der Waals surface area contributed by atoms with Crippen LogP contribution in [-0.2, 0) is 17.9 Å². The number of rotatable bonds is 8. The second kappa shape index (κ2) is 10.7. The van der Waals surface area contributed by atoms with Crippen LogP contribution in [0.15, 0.2) is 65.1 Å². The van der Waals surface area contributed by atoms with Crippen LogP contribution in [0.4, 0.5) is 0 Å². The maximum atomic E-state index is 13.4. The van der Waals surface area contributed by atoms with Gasteiger partial charge in [0.15, 0.2) is 0 Å². The van der Waals surface area contributed by atoms with Crippen molar-refractivity contribution in [1.82, 2.24) is 9.80 Å². The van der Waals surface area contributed by atoms with Crippen molar-refractivity contribution in [2.75, 3.05) is 6.54 Å². The number of carbonyl (C=O) groups excluding carboxylic acids is 2. The van der Waals surface area contributed by atoms with Gasteiger partial charge in [-0.25, -0.2) is 0 Å². The quantitative estimate of drug-likeness (QED) is 0.405. The van der Waals surface area contributed by atoms with Gasteiger partial charge in [0.25, 0.3) is 5.91 Å². The Morgan fingerprint density at radius 3 is 2.16 bits per heavy atom. The number of amides is 2. The Labute approximate surface area is 198 Å². The molecule has 2 amide bonds. The zero-order chi connectivity index (χ0) is 23.3. The summed E-state index contributed by atoms with van der Waals surface area (Å²) in [5.41, 5.74) is 1.34. The fourth-order valence-corrected chi connectivity index (χ4v) is 3.90. The van der Waals surface area contributed by atoms with Gasteiger partial charge in [-0.1, -0.05) is 53.5 Å². The summed E-state index contributed by atoms with van der Waals surface area (Å²) in [7, 11) is 0. The first-order chi connectivity index (χ1) is 15.2. The van der Waals surface area contributed by atoms with Gasteiger partial charge in [-0.15, -0.1) is 0 Å². The first-order valence-corrected chi connectivity index (χ1v) is 11.1. The van der Waals surface area contributed by atoms with Crippen LogP contribution in [-0.4, -0.2) is 34.2 Å². The van der Waals surface area contributed by atoms with Crippen LogP contribution < -0.4 is 0 Å². The zero-order valence-corrected chi connectivity index (χ0v) is 19.9. The second-order valence-electron chi connectivity index (χ2n) is 7.93. The number of aryl methyl sites for hydroxylation is 1. The number of benzene rings is 2. The van der Waals surface area contributed by atoms with Gasteiger partial charge in [0.1, 0.15) is 18.1 Å². The van der Waals surface area contributed by atoms with Crippen LogP contribution in [0.3, 0.4) is 0 Å². The van der Waals surface area contributed by atoms with Crippen molar-refractivity contribution < 1.29 is 14.0 Å². The van der Waals surface area contributed by atoms with E-state index in [1.807, 2.05) is 63.2 Å². The molecule has 0 bridgehead atoms. The Kier molecular flexibility index (Phi) is 7.99. The summed E-state index contributed by atoms with van der Waals surface area (Å²) in [6, 6.07) is 17.9. The molecule has 0 aliphatic carbocycles. The largest absolute Gasteiger partial charge is 0.464 e. The van der Waals surface area contributed by atoms with Crippen molar-refractivity contribution in [2.45, 2.75) is 39.9 Å². The van der Waals surface area contributed by atoms with E-state index in [-0.39, 0.29) is 24.4 Å². The van der Waals surface area contributed by atoms with E-state index < -0.39 is 0 Å². The Morgan fingerprint density at radius 1 is 0.938 bits per heavy atom. The Morgan fingerprint density at radius 2 is 1.59 bits per heavy atom. The Bertz CT molecular complexity index is 1060. The average Bonchev–Trinajstić information content (AvgIpc) is 3.15. The molecule has 0 fully saturated rings. The maximum Gasteiger partial charge on any atom is 0.254 e. The standard InChI is InChI=1S/C25H26Cl2N2O3/c1-17(2)29(25(31)20-11-21(26)13-22(27)12-20)16-24(30)28(14-19-7-5-4-6-8-19)15-23-10-9-18(3)32-23/h4-13,17H,14-16H2,1-3H3. The van der Waals surface area contributed by atoms with Crippen molar-refractivity contribution in [1.29, 1.82) is 0 Å². The van der Waals surface area contributed by atoms with Gasteiger partial charge in [0, 0.05) is 28.2 Å².